The highest BCUT2D eigenvalue weighted by atomic mass is 35.5. The van der Waals surface area contributed by atoms with Crippen molar-refractivity contribution in [3.05, 3.63) is 29.8 Å². The maximum absolute atomic E-state index is 5.73. The van der Waals surface area contributed by atoms with E-state index in [1.54, 1.807) is 0 Å². The van der Waals surface area contributed by atoms with Crippen LogP contribution in [0.1, 0.15) is 18.8 Å². The van der Waals surface area contributed by atoms with Crippen LogP contribution in [0, 0.1) is 0 Å². The first-order valence-corrected chi connectivity index (χ1v) is 5.93. The van der Waals surface area contributed by atoms with Gasteiger partial charge in [0.2, 0.25) is 0 Å². The van der Waals surface area contributed by atoms with E-state index in [-0.39, 0.29) is 12.4 Å². The van der Waals surface area contributed by atoms with E-state index in [9.17, 15) is 0 Å². The van der Waals surface area contributed by atoms with E-state index in [2.05, 4.69) is 0 Å². The van der Waals surface area contributed by atoms with Crippen LogP contribution in [0.3, 0.4) is 0 Å². The van der Waals surface area contributed by atoms with Gasteiger partial charge in [0, 0.05) is 5.56 Å². The minimum Gasteiger partial charge on any atom is -0.493 e. The second-order valence-corrected chi connectivity index (χ2v) is 3.86. The average Bonchev–Trinajstić information content (AvgIpc) is 2.79. The summed E-state index contributed by atoms with van der Waals surface area (Å²) < 4.78 is 16.7. The number of rotatable bonds is 4. The van der Waals surface area contributed by atoms with Gasteiger partial charge in [-0.15, -0.1) is 11.6 Å². The molecule has 4 heteroatoms. The van der Waals surface area contributed by atoms with Gasteiger partial charge in [0.1, 0.15) is 5.75 Å². The van der Waals surface area contributed by atoms with Gasteiger partial charge in [0.15, 0.2) is 6.29 Å². The summed E-state index contributed by atoms with van der Waals surface area (Å²) >= 11 is 5.73. The standard InChI is InChI=1S/C12H15ClO3/c1-2-14-11-6-4-3-5-10(11)12-15-8-9(7-13)16-12/h3-6,9,12H,2,7-8H2,1H3. The maximum Gasteiger partial charge on any atom is 0.187 e. The molecule has 0 aromatic heterocycles. The molecule has 0 aliphatic carbocycles. The van der Waals surface area contributed by atoms with Crippen molar-refractivity contribution >= 4 is 11.6 Å². The van der Waals surface area contributed by atoms with Gasteiger partial charge in [-0.3, -0.25) is 0 Å². The van der Waals surface area contributed by atoms with E-state index in [0.29, 0.717) is 19.1 Å². The summed E-state index contributed by atoms with van der Waals surface area (Å²) in [7, 11) is 0. The molecule has 1 aromatic carbocycles. The molecule has 0 N–H and O–H groups in total. The molecule has 1 fully saturated rings. The Kier molecular flexibility index (Phi) is 4.04. The van der Waals surface area contributed by atoms with E-state index >= 15 is 0 Å². The van der Waals surface area contributed by atoms with Gasteiger partial charge in [-0.2, -0.15) is 0 Å². The number of halogens is 1. The second kappa shape index (κ2) is 5.53. The highest BCUT2D eigenvalue weighted by molar-refractivity contribution is 6.18. The van der Waals surface area contributed by atoms with Gasteiger partial charge in [-0.25, -0.2) is 0 Å². The monoisotopic (exact) mass is 242 g/mol. The molecule has 0 amide bonds. The van der Waals surface area contributed by atoms with Crippen LogP contribution in [0.5, 0.6) is 5.75 Å². The molecule has 1 heterocycles. The van der Waals surface area contributed by atoms with Crippen molar-refractivity contribution < 1.29 is 14.2 Å². The Morgan fingerprint density at radius 1 is 1.44 bits per heavy atom. The molecule has 0 radical (unpaired) electrons. The van der Waals surface area contributed by atoms with Crippen molar-refractivity contribution in [2.24, 2.45) is 0 Å². The molecule has 1 aliphatic heterocycles. The fourth-order valence-corrected chi connectivity index (χ4v) is 1.82. The molecule has 16 heavy (non-hydrogen) atoms. The van der Waals surface area contributed by atoms with Gasteiger partial charge in [0.25, 0.3) is 0 Å². The zero-order valence-corrected chi connectivity index (χ0v) is 9.94. The number of hydrogen-bond acceptors (Lipinski definition) is 3. The summed E-state index contributed by atoms with van der Waals surface area (Å²) in [5.41, 5.74) is 0.928. The Hall–Kier alpha value is -0.770. The quantitative estimate of drug-likeness (QED) is 0.760. The number of alkyl halides is 1. The number of benzene rings is 1. The topological polar surface area (TPSA) is 27.7 Å². The SMILES string of the molecule is CCOc1ccccc1C1OCC(CCl)O1. The first-order chi connectivity index (χ1) is 7.85. The summed E-state index contributed by atoms with van der Waals surface area (Å²) in [4.78, 5) is 0. The third-order valence-electron chi connectivity index (χ3n) is 2.39. The molecule has 1 aromatic rings. The normalized spacial score (nSPS) is 24.6. The van der Waals surface area contributed by atoms with Crippen LogP contribution < -0.4 is 4.74 Å². The Morgan fingerprint density at radius 2 is 2.25 bits per heavy atom. The molecule has 1 aliphatic rings. The summed E-state index contributed by atoms with van der Waals surface area (Å²) in [6.45, 7) is 3.12. The van der Waals surface area contributed by atoms with Crippen LogP contribution in [0.25, 0.3) is 0 Å². The predicted molar refractivity (Wildman–Crippen MR) is 61.9 cm³/mol. The van der Waals surface area contributed by atoms with Crippen molar-refractivity contribution in [1.29, 1.82) is 0 Å². The van der Waals surface area contributed by atoms with Crippen molar-refractivity contribution in [2.75, 3.05) is 19.1 Å². The van der Waals surface area contributed by atoms with Gasteiger partial charge in [-0.1, -0.05) is 18.2 Å². The molecule has 0 spiro atoms. The zero-order chi connectivity index (χ0) is 11.4. The number of ether oxygens (including phenoxy) is 3. The lowest BCUT2D eigenvalue weighted by Crippen LogP contribution is -2.11. The van der Waals surface area contributed by atoms with Crippen LogP contribution >= 0.6 is 11.6 Å². The van der Waals surface area contributed by atoms with E-state index < -0.39 is 0 Å². The average molecular weight is 243 g/mol. The van der Waals surface area contributed by atoms with Gasteiger partial charge < -0.3 is 14.2 Å². The van der Waals surface area contributed by atoms with E-state index in [1.807, 2.05) is 31.2 Å². The highest BCUT2D eigenvalue weighted by Gasteiger charge is 2.28. The molecule has 2 atom stereocenters. The molecular formula is C12H15ClO3. The third-order valence-corrected chi connectivity index (χ3v) is 2.74. The first-order valence-electron chi connectivity index (χ1n) is 5.40. The van der Waals surface area contributed by atoms with Crippen LogP contribution in [-0.2, 0) is 9.47 Å². The van der Waals surface area contributed by atoms with Crippen LogP contribution in [0.2, 0.25) is 0 Å². The maximum atomic E-state index is 5.73. The lowest BCUT2D eigenvalue weighted by atomic mass is 10.2. The summed E-state index contributed by atoms with van der Waals surface area (Å²) in [6.07, 6.45) is -0.382. The Labute approximate surface area is 100 Å². The zero-order valence-electron chi connectivity index (χ0n) is 9.19. The molecule has 1 saturated heterocycles. The predicted octanol–water partition coefficient (Wildman–Crippen LogP) is 2.74. The minimum absolute atomic E-state index is 0.0265. The Morgan fingerprint density at radius 3 is 2.94 bits per heavy atom. The van der Waals surface area contributed by atoms with Gasteiger partial charge >= 0.3 is 0 Å². The third kappa shape index (κ3) is 2.48. The van der Waals surface area contributed by atoms with Crippen molar-refractivity contribution in [3.8, 4) is 5.75 Å². The lowest BCUT2D eigenvalue weighted by Gasteiger charge is -2.15. The summed E-state index contributed by atoms with van der Waals surface area (Å²) in [5, 5.41) is 0. The first kappa shape index (κ1) is 11.7. The van der Waals surface area contributed by atoms with E-state index in [4.69, 9.17) is 25.8 Å². The molecule has 2 unspecified atom stereocenters. The fraction of sp³-hybridized carbons (Fsp3) is 0.500. The largest absolute Gasteiger partial charge is 0.493 e. The smallest absolute Gasteiger partial charge is 0.187 e. The number of hydrogen-bond donors (Lipinski definition) is 0. The van der Waals surface area contributed by atoms with Crippen LogP contribution in [-0.4, -0.2) is 25.2 Å². The molecule has 88 valence electrons. The molecule has 3 nitrogen and oxygen atoms in total. The number of para-hydroxylation sites is 1. The lowest BCUT2D eigenvalue weighted by molar-refractivity contribution is -0.0581. The van der Waals surface area contributed by atoms with Crippen LogP contribution in [0.4, 0.5) is 0 Å². The molecule has 0 saturated carbocycles. The Bertz CT molecular complexity index is 343. The minimum atomic E-state index is -0.355. The van der Waals surface area contributed by atoms with Gasteiger partial charge in [-0.05, 0) is 13.0 Å². The van der Waals surface area contributed by atoms with Crippen LogP contribution in [0.15, 0.2) is 24.3 Å². The molecule has 2 rings (SSSR count). The fourth-order valence-electron chi connectivity index (χ4n) is 1.65. The second-order valence-electron chi connectivity index (χ2n) is 3.55. The van der Waals surface area contributed by atoms with E-state index in [1.165, 1.54) is 0 Å². The molecular weight excluding hydrogens is 228 g/mol. The summed E-state index contributed by atoms with van der Waals surface area (Å²) in [6, 6.07) is 7.74. The summed E-state index contributed by atoms with van der Waals surface area (Å²) in [5.74, 6) is 1.26. The van der Waals surface area contributed by atoms with Gasteiger partial charge in [0.05, 0.1) is 25.2 Å². The van der Waals surface area contributed by atoms with Crippen molar-refractivity contribution in [1.82, 2.24) is 0 Å². The van der Waals surface area contributed by atoms with E-state index in [0.717, 1.165) is 11.3 Å². The Balaban J connectivity index is 2.14. The highest BCUT2D eigenvalue weighted by Crippen LogP contribution is 2.33. The molecule has 0 bridgehead atoms. The van der Waals surface area contributed by atoms with Crippen molar-refractivity contribution in [3.63, 3.8) is 0 Å². The van der Waals surface area contributed by atoms with Crippen molar-refractivity contribution in [2.45, 2.75) is 19.3 Å².